The quantitative estimate of drug-likeness (QED) is 0.729. The van der Waals surface area contributed by atoms with E-state index in [2.05, 4.69) is 20.8 Å². The summed E-state index contributed by atoms with van der Waals surface area (Å²) in [5.41, 5.74) is 0. The van der Waals surface area contributed by atoms with Gasteiger partial charge in [-0.25, -0.2) is 4.68 Å². The smallest absolute Gasteiger partial charge is 0.244 e. The van der Waals surface area contributed by atoms with Crippen LogP contribution in [0.1, 0.15) is 19.8 Å². The van der Waals surface area contributed by atoms with Gasteiger partial charge in [0.15, 0.2) is 0 Å². The van der Waals surface area contributed by atoms with Crippen molar-refractivity contribution in [1.29, 1.82) is 0 Å². The number of aromatic nitrogens is 4. The predicted octanol–water partition coefficient (Wildman–Crippen LogP) is -1.20. The maximum atomic E-state index is 12.0. The normalized spacial score (nSPS) is 19.6. The van der Waals surface area contributed by atoms with Crippen LogP contribution in [0, 0.1) is 0 Å². The van der Waals surface area contributed by atoms with Gasteiger partial charge in [0.1, 0.15) is 12.9 Å². The minimum atomic E-state index is -0.0604. The van der Waals surface area contributed by atoms with Gasteiger partial charge in [-0.15, -0.1) is 5.10 Å². The van der Waals surface area contributed by atoms with Crippen molar-refractivity contribution >= 4 is 11.8 Å². The summed E-state index contributed by atoms with van der Waals surface area (Å²) >= 11 is 0. The molecule has 1 N–H and O–H groups in total. The van der Waals surface area contributed by atoms with E-state index in [4.69, 9.17) is 0 Å². The number of carbonyl (C=O) groups is 2. The van der Waals surface area contributed by atoms with Crippen molar-refractivity contribution in [3.8, 4) is 0 Å². The third-order valence-electron chi connectivity index (χ3n) is 2.87. The molecule has 0 aliphatic carbocycles. The number of rotatable bonds is 3. The van der Waals surface area contributed by atoms with Crippen molar-refractivity contribution in [2.75, 3.05) is 13.1 Å². The Morgan fingerprint density at radius 1 is 1.50 bits per heavy atom. The van der Waals surface area contributed by atoms with E-state index in [0.717, 1.165) is 19.4 Å². The van der Waals surface area contributed by atoms with Crippen LogP contribution in [0.25, 0.3) is 0 Å². The molecule has 0 aromatic carbocycles. The fourth-order valence-corrected chi connectivity index (χ4v) is 2.10. The summed E-state index contributed by atoms with van der Waals surface area (Å²) in [7, 11) is 0. The molecular weight excluding hydrogens is 236 g/mol. The molecule has 0 saturated carbocycles. The monoisotopic (exact) mass is 252 g/mol. The fraction of sp³-hybridized carbons (Fsp3) is 0.700. The van der Waals surface area contributed by atoms with Crippen LogP contribution < -0.4 is 5.32 Å². The minimum Gasteiger partial charge on any atom is -0.352 e. The molecule has 1 atom stereocenters. The molecule has 18 heavy (non-hydrogen) atoms. The number of hydrogen-bond acceptors (Lipinski definition) is 5. The van der Waals surface area contributed by atoms with E-state index >= 15 is 0 Å². The molecule has 2 amide bonds. The molecule has 1 saturated heterocycles. The molecule has 8 heteroatoms. The predicted molar refractivity (Wildman–Crippen MR) is 61.2 cm³/mol. The first-order valence-corrected chi connectivity index (χ1v) is 5.91. The van der Waals surface area contributed by atoms with Gasteiger partial charge in [-0.2, -0.15) is 0 Å². The van der Waals surface area contributed by atoms with E-state index in [0.29, 0.717) is 6.54 Å². The Hall–Kier alpha value is -1.99. The topological polar surface area (TPSA) is 93.0 Å². The molecule has 1 fully saturated rings. The first kappa shape index (κ1) is 12.5. The average molecular weight is 252 g/mol. The van der Waals surface area contributed by atoms with E-state index in [1.165, 1.54) is 17.9 Å². The van der Waals surface area contributed by atoms with Crippen LogP contribution in [-0.4, -0.2) is 56.1 Å². The lowest BCUT2D eigenvalue weighted by atomic mass is 10.1. The second-order valence-electron chi connectivity index (χ2n) is 4.39. The minimum absolute atomic E-state index is 0.0302. The van der Waals surface area contributed by atoms with E-state index in [9.17, 15) is 9.59 Å². The number of tetrazole rings is 1. The highest BCUT2D eigenvalue weighted by Crippen LogP contribution is 2.10. The zero-order chi connectivity index (χ0) is 13.0. The van der Waals surface area contributed by atoms with E-state index in [1.54, 1.807) is 4.90 Å². The number of amides is 2. The first-order chi connectivity index (χ1) is 8.65. The average Bonchev–Trinajstić information content (AvgIpc) is 2.81. The molecule has 1 aromatic heterocycles. The van der Waals surface area contributed by atoms with E-state index in [-0.39, 0.29) is 24.4 Å². The summed E-state index contributed by atoms with van der Waals surface area (Å²) in [4.78, 5) is 24.7. The Morgan fingerprint density at radius 3 is 3.00 bits per heavy atom. The van der Waals surface area contributed by atoms with Crippen molar-refractivity contribution in [2.45, 2.75) is 32.4 Å². The highest BCUT2D eigenvalue weighted by molar-refractivity contribution is 5.76. The van der Waals surface area contributed by atoms with Gasteiger partial charge in [0, 0.05) is 26.1 Å². The summed E-state index contributed by atoms with van der Waals surface area (Å²) in [6.45, 7) is 2.90. The van der Waals surface area contributed by atoms with Crippen LogP contribution >= 0.6 is 0 Å². The Bertz CT molecular complexity index is 418. The van der Waals surface area contributed by atoms with Crippen LogP contribution in [-0.2, 0) is 16.1 Å². The van der Waals surface area contributed by atoms with Crippen molar-refractivity contribution < 1.29 is 9.59 Å². The first-order valence-electron chi connectivity index (χ1n) is 5.91. The number of nitrogens with zero attached hydrogens (tertiary/aromatic N) is 5. The number of piperidine rings is 1. The van der Waals surface area contributed by atoms with Crippen molar-refractivity contribution in [2.24, 2.45) is 0 Å². The standard InChI is InChI=1S/C10H16N6O2/c1-8(17)12-9-3-2-4-15(5-9)10(18)6-16-7-11-13-14-16/h7,9H,2-6H2,1H3,(H,12,17)/t9-/m0/s1. The van der Waals surface area contributed by atoms with Crippen LogP contribution in [0.4, 0.5) is 0 Å². The van der Waals surface area contributed by atoms with Gasteiger partial charge >= 0.3 is 0 Å². The lowest BCUT2D eigenvalue weighted by Gasteiger charge is -2.32. The van der Waals surface area contributed by atoms with Gasteiger partial charge in [0.25, 0.3) is 0 Å². The van der Waals surface area contributed by atoms with E-state index < -0.39 is 0 Å². The van der Waals surface area contributed by atoms with Gasteiger partial charge in [-0.1, -0.05) is 0 Å². The van der Waals surface area contributed by atoms with Gasteiger partial charge in [-0.05, 0) is 23.3 Å². The number of likely N-dealkylation sites (tertiary alicyclic amines) is 1. The summed E-state index contributed by atoms with van der Waals surface area (Å²) in [5, 5.41) is 13.5. The second-order valence-corrected chi connectivity index (χ2v) is 4.39. The molecule has 1 aromatic rings. The zero-order valence-corrected chi connectivity index (χ0v) is 10.2. The van der Waals surface area contributed by atoms with Crippen LogP contribution in [0.2, 0.25) is 0 Å². The van der Waals surface area contributed by atoms with Crippen LogP contribution in [0.15, 0.2) is 6.33 Å². The molecule has 0 unspecified atom stereocenters. The van der Waals surface area contributed by atoms with Crippen LogP contribution in [0.3, 0.4) is 0 Å². The summed E-state index contributed by atoms with van der Waals surface area (Å²) < 4.78 is 1.39. The van der Waals surface area contributed by atoms with Gasteiger partial charge in [0.05, 0.1) is 0 Å². The Balaban J connectivity index is 1.88. The molecule has 0 radical (unpaired) electrons. The highest BCUT2D eigenvalue weighted by atomic mass is 16.2. The number of hydrogen-bond donors (Lipinski definition) is 1. The van der Waals surface area contributed by atoms with Crippen molar-refractivity contribution in [1.82, 2.24) is 30.4 Å². The Labute approximate surface area is 104 Å². The third kappa shape index (κ3) is 3.25. The number of nitrogens with one attached hydrogen (secondary N) is 1. The van der Waals surface area contributed by atoms with Crippen molar-refractivity contribution in [3.05, 3.63) is 6.33 Å². The molecule has 1 aliphatic rings. The van der Waals surface area contributed by atoms with E-state index in [1.807, 2.05) is 0 Å². The molecular formula is C10H16N6O2. The van der Waals surface area contributed by atoms with Gasteiger partial charge in [-0.3, -0.25) is 9.59 Å². The molecule has 2 rings (SSSR count). The maximum absolute atomic E-state index is 12.0. The summed E-state index contributed by atoms with van der Waals surface area (Å²) in [6.07, 6.45) is 3.22. The van der Waals surface area contributed by atoms with Gasteiger partial charge in [0.2, 0.25) is 11.8 Å². The lowest BCUT2D eigenvalue weighted by Crippen LogP contribution is -2.49. The third-order valence-corrected chi connectivity index (χ3v) is 2.87. The molecule has 0 spiro atoms. The molecule has 8 nitrogen and oxygen atoms in total. The van der Waals surface area contributed by atoms with Crippen LogP contribution in [0.5, 0.6) is 0 Å². The van der Waals surface area contributed by atoms with Gasteiger partial charge < -0.3 is 10.2 Å². The largest absolute Gasteiger partial charge is 0.352 e. The maximum Gasteiger partial charge on any atom is 0.244 e. The number of carbonyl (C=O) groups excluding carboxylic acids is 2. The SMILES string of the molecule is CC(=O)N[C@H]1CCCN(C(=O)Cn2cnnn2)C1. The Kier molecular flexibility index (Phi) is 3.85. The second kappa shape index (κ2) is 5.56. The summed E-state index contributed by atoms with van der Waals surface area (Å²) in [5.74, 6) is -0.0906. The zero-order valence-electron chi connectivity index (χ0n) is 10.2. The summed E-state index contributed by atoms with van der Waals surface area (Å²) in [6, 6.07) is 0.0501. The fourth-order valence-electron chi connectivity index (χ4n) is 2.10. The van der Waals surface area contributed by atoms with Crippen molar-refractivity contribution in [3.63, 3.8) is 0 Å². The molecule has 2 heterocycles. The molecule has 1 aliphatic heterocycles. The lowest BCUT2D eigenvalue weighted by molar-refractivity contribution is -0.134. The highest BCUT2D eigenvalue weighted by Gasteiger charge is 2.24. The Morgan fingerprint density at radius 2 is 2.33 bits per heavy atom. The molecule has 0 bridgehead atoms. The molecule has 98 valence electrons.